The molecule has 2 fully saturated rings. The molecule has 208 valence electrons. The van der Waals surface area contributed by atoms with Crippen LogP contribution in [0.1, 0.15) is 34.7 Å². The lowest BCUT2D eigenvalue weighted by molar-refractivity contribution is -0.140. The number of aryl methyl sites for hydroxylation is 1. The monoisotopic (exact) mass is 542 g/mol. The second kappa shape index (κ2) is 12.4. The number of nitrogens with zero attached hydrogens (tertiary/aromatic N) is 2. The molecule has 8 nitrogen and oxygen atoms in total. The summed E-state index contributed by atoms with van der Waals surface area (Å²) >= 11 is 0. The molecule has 0 unspecified atom stereocenters. The molecule has 2 saturated heterocycles. The summed E-state index contributed by atoms with van der Waals surface area (Å²) in [5, 5.41) is 21.5. The second-order valence-corrected chi connectivity index (χ2v) is 10.1. The average Bonchev–Trinajstić information content (AvgIpc) is 3.22. The number of aliphatic hydroxyl groups is 1. The van der Waals surface area contributed by atoms with Crippen LogP contribution in [0.25, 0.3) is 5.76 Å². The van der Waals surface area contributed by atoms with Gasteiger partial charge in [-0.25, -0.2) is 0 Å². The zero-order valence-corrected chi connectivity index (χ0v) is 22.6. The molecule has 2 N–H and O–H groups in total. The SMILES string of the molecule is Cc1ccccc1COc1ccc(C(O)=C2C(=O)C(=O)N(CCCN3CCOCC3)[C@@H]2c2cccc(O)c2)cc1. The number of aromatic hydroxyl groups is 1. The van der Waals surface area contributed by atoms with Crippen LogP contribution in [0, 0.1) is 6.92 Å². The van der Waals surface area contributed by atoms with E-state index in [4.69, 9.17) is 9.47 Å². The molecular formula is C32H34N2O6. The molecule has 2 heterocycles. The minimum absolute atomic E-state index is 0.00977. The molecule has 0 radical (unpaired) electrons. The van der Waals surface area contributed by atoms with E-state index in [1.54, 1.807) is 36.4 Å². The number of phenols is 1. The van der Waals surface area contributed by atoms with Gasteiger partial charge in [-0.2, -0.15) is 0 Å². The van der Waals surface area contributed by atoms with Crippen molar-refractivity contribution < 1.29 is 29.3 Å². The molecular weight excluding hydrogens is 508 g/mol. The molecule has 2 aliphatic heterocycles. The van der Waals surface area contributed by atoms with E-state index in [9.17, 15) is 19.8 Å². The molecule has 3 aromatic rings. The van der Waals surface area contributed by atoms with Crippen LogP contribution in [0.3, 0.4) is 0 Å². The first-order chi connectivity index (χ1) is 19.4. The van der Waals surface area contributed by atoms with E-state index in [1.165, 1.54) is 17.0 Å². The molecule has 0 spiro atoms. The third kappa shape index (κ3) is 6.03. The number of hydrogen-bond acceptors (Lipinski definition) is 7. The Hall–Kier alpha value is -4.14. The lowest BCUT2D eigenvalue weighted by Crippen LogP contribution is -2.38. The minimum Gasteiger partial charge on any atom is -0.508 e. The van der Waals surface area contributed by atoms with Crippen LogP contribution < -0.4 is 4.74 Å². The van der Waals surface area contributed by atoms with Crippen molar-refractivity contribution in [1.82, 2.24) is 9.80 Å². The van der Waals surface area contributed by atoms with Crippen molar-refractivity contribution in [2.45, 2.75) is 26.0 Å². The van der Waals surface area contributed by atoms with Crippen LogP contribution in [0.2, 0.25) is 0 Å². The van der Waals surface area contributed by atoms with Gasteiger partial charge in [0.05, 0.1) is 24.8 Å². The van der Waals surface area contributed by atoms with Gasteiger partial charge in [-0.1, -0.05) is 36.4 Å². The van der Waals surface area contributed by atoms with Crippen molar-refractivity contribution in [1.29, 1.82) is 0 Å². The summed E-state index contributed by atoms with van der Waals surface area (Å²) in [6.45, 7) is 6.58. The zero-order valence-electron chi connectivity index (χ0n) is 22.6. The Morgan fingerprint density at radius 2 is 1.73 bits per heavy atom. The van der Waals surface area contributed by atoms with Crippen molar-refractivity contribution in [3.05, 3.63) is 101 Å². The Balaban J connectivity index is 1.39. The Bertz CT molecular complexity index is 1390. The van der Waals surface area contributed by atoms with Crippen LogP contribution in [-0.2, 0) is 20.9 Å². The molecule has 8 heteroatoms. The van der Waals surface area contributed by atoms with Gasteiger partial charge in [-0.15, -0.1) is 0 Å². The van der Waals surface area contributed by atoms with Gasteiger partial charge in [0, 0.05) is 31.7 Å². The lowest BCUT2D eigenvalue weighted by Gasteiger charge is -2.29. The number of carbonyl (C=O) groups is 2. The Kier molecular flexibility index (Phi) is 8.48. The molecule has 0 saturated carbocycles. The van der Waals surface area contributed by atoms with Crippen LogP contribution in [0.15, 0.2) is 78.4 Å². The van der Waals surface area contributed by atoms with E-state index in [2.05, 4.69) is 4.90 Å². The topological polar surface area (TPSA) is 99.5 Å². The van der Waals surface area contributed by atoms with Crippen LogP contribution in [0.4, 0.5) is 0 Å². The van der Waals surface area contributed by atoms with Crippen molar-refractivity contribution >= 4 is 17.4 Å². The highest BCUT2D eigenvalue weighted by Gasteiger charge is 2.45. The first-order valence-corrected chi connectivity index (χ1v) is 13.6. The fourth-order valence-electron chi connectivity index (χ4n) is 5.24. The van der Waals surface area contributed by atoms with Crippen molar-refractivity contribution in [3.8, 4) is 11.5 Å². The number of amides is 1. The van der Waals surface area contributed by atoms with Crippen LogP contribution in [0.5, 0.6) is 11.5 Å². The quantitative estimate of drug-likeness (QED) is 0.235. The fourth-order valence-corrected chi connectivity index (χ4v) is 5.24. The number of aliphatic hydroxyl groups excluding tert-OH is 1. The smallest absolute Gasteiger partial charge is 0.295 e. The number of rotatable bonds is 9. The van der Waals surface area contributed by atoms with Gasteiger partial charge in [-0.3, -0.25) is 14.5 Å². The van der Waals surface area contributed by atoms with E-state index in [0.29, 0.717) is 49.7 Å². The number of benzene rings is 3. The fraction of sp³-hybridized carbons (Fsp3) is 0.312. The number of Topliss-reactive ketones (excluding diaryl/α,β-unsaturated/α-hetero) is 1. The first-order valence-electron chi connectivity index (χ1n) is 13.6. The summed E-state index contributed by atoms with van der Waals surface area (Å²) < 4.78 is 11.3. The highest BCUT2D eigenvalue weighted by molar-refractivity contribution is 6.46. The average molecular weight is 543 g/mol. The second-order valence-electron chi connectivity index (χ2n) is 10.1. The standard InChI is InChI=1S/C32H34N2O6/c1-22-6-2-3-7-25(22)21-40-27-12-10-23(11-13-27)30(36)28-29(24-8-4-9-26(35)20-24)34(32(38)31(28)37)15-5-14-33-16-18-39-19-17-33/h2-4,6-13,20,29,35-36H,5,14-19,21H2,1H3/t29-/m1/s1. The molecule has 0 bridgehead atoms. The lowest BCUT2D eigenvalue weighted by atomic mass is 9.95. The van der Waals surface area contributed by atoms with E-state index in [0.717, 1.165) is 30.8 Å². The third-order valence-electron chi connectivity index (χ3n) is 7.49. The molecule has 3 aromatic carbocycles. The maximum Gasteiger partial charge on any atom is 0.295 e. The van der Waals surface area contributed by atoms with Gasteiger partial charge in [-0.05, 0) is 66.4 Å². The van der Waals surface area contributed by atoms with Gasteiger partial charge in [0.1, 0.15) is 23.9 Å². The summed E-state index contributed by atoms with van der Waals surface area (Å²) in [4.78, 5) is 30.3. The number of carbonyl (C=O) groups excluding carboxylic acids is 2. The molecule has 5 rings (SSSR count). The van der Waals surface area contributed by atoms with Gasteiger partial charge < -0.3 is 24.6 Å². The van der Waals surface area contributed by atoms with E-state index in [-0.39, 0.29) is 17.1 Å². The van der Waals surface area contributed by atoms with Crippen LogP contribution in [-0.4, -0.2) is 71.1 Å². The summed E-state index contributed by atoms with van der Waals surface area (Å²) in [6.07, 6.45) is 0.662. The number of hydrogen-bond donors (Lipinski definition) is 2. The maximum atomic E-state index is 13.3. The van der Waals surface area contributed by atoms with Crippen LogP contribution >= 0.6 is 0 Å². The molecule has 2 aliphatic rings. The molecule has 0 aromatic heterocycles. The first kappa shape index (κ1) is 27.4. The van der Waals surface area contributed by atoms with Gasteiger partial charge in [0.2, 0.25) is 0 Å². The highest BCUT2D eigenvalue weighted by Crippen LogP contribution is 2.40. The zero-order chi connectivity index (χ0) is 28.1. The van der Waals surface area contributed by atoms with E-state index < -0.39 is 17.7 Å². The van der Waals surface area contributed by atoms with Crippen molar-refractivity contribution in [2.75, 3.05) is 39.4 Å². The summed E-state index contributed by atoms with van der Waals surface area (Å²) in [7, 11) is 0. The minimum atomic E-state index is -0.811. The number of likely N-dealkylation sites (tertiary alicyclic amines) is 1. The molecule has 40 heavy (non-hydrogen) atoms. The van der Waals surface area contributed by atoms with Gasteiger partial charge in [0.25, 0.3) is 11.7 Å². The van der Waals surface area contributed by atoms with Gasteiger partial charge >= 0.3 is 0 Å². The van der Waals surface area contributed by atoms with E-state index in [1.807, 2.05) is 31.2 Å². The summed E-state index contributed by atoms with van der Waals surface area (Å²) in [5.41, 5.74) is 3.19. The van der Waals surface area contributed by atoms with E-state index >= 15 is 0 Å². The Morgan fingerprint density at radius 1 is 0.975 bits per heavy atom. The number of ether oxygens (including phenoxy) is 2. The molecule has 1 atom stereocenters. The Labute approximate surface area is 234 Å². The maximum absolute atomic E-state index is 13.3. The number of ketones is 1. The normalized spacial score (nSPS) is 19.2. The van der Waals surface area contributed by atoms with Crippen molar-refractivity contribution in [3.63, 3.8) is 0 Å². The number of phenolic OH excluding ortho intramolecular Hbond substituents is 1. The molecule has 1 amide bonds. The largest absolute Gasteiger partial charge is 0.508 e. The summed E-state index contributed by atoms with van der Waals surface area (Å²) in [5.74, 6) is -1.01. The molecule has 0 aliphatic carbocycles. The Morgan fingerprint density at radius 3 is 2.45 bits per heavy atom. The summed E-state index contributed by atoms with van der Waals surface area (Å²) in [6, 6.07) is 20.5. The number of morpholine rings is 1. The van der Waals surface area contributed by atoms with Crippen molar-refractivity contribution in [2.24, 2.45) is 0 Å². The predicted molar refractivity (Wildman–Crippen MR) is 151 cm³/mol. The highest BCUT2D eigenvalue weighted by atomic mass is 16.5. The predicted octanol–water partition coefficient (Wildman–Crippen LogP) is 4.42. The van der Waals surface area contributed by atoms with Gasteiger partial charge in [0.15, 0.2) is 0 Å². The third-order valence-corrected chi connectivity index (χ3v) is 7.49.